The van der Waals surface area contributed by atoms with Gasteiger partial charge >= 0.3 is 5.69 Å². The quantitative estimate of drug-likeness (QED) is 0.0865. The van der Waals surface area contributed by atoms with E-state index in [4.69, 9.17) is 0 Å². The van der Waals surface area contributed by atoms with Crippen LogP contribution in [0.3, 0.4) is 0 Å². The molecule has 23 heteroatoms. The number of aromatic nitrogens is 4. The number of hydrogen-bond acceptors (Lipinski definition) is 15. The van der Waals surface area contributed by atoms with Gasteiger partial charge in [0.25, 0.3) is 35.9 Å². The molecule has 4 aromatic rings. The van der Waals surface area contributed by atoms with Crippen LogP contribution in [0, 0.1) is 6.92 Å². The summed E-state index contributed by atoms with van der Waals surface area (Å²) in [5.74, 6) is -2.42. The fourth-order valence-corrected chi connectivity index (χ4v) is 5.96. The van der Waals surface area contributed by atoms with Gasteiger partial charge in [-0.15, -0.1) is 10.2 Å². The van der Waals surface area contributed by atoms with Gasteiger partial charge in [0.15, 0.2) is 11.6 Å². The molecule has 47 heavy (non-hydrogen) atoms. The van der Waals surface area contributed by atoms with Crippen LogP contribution in [0.15, 0.2) is 72.1 Å². The van der Waals surface area contributed by atoms with Crippen molar-refractivity contribution in [2.45, 2.75) is 35.9 Å². The molecule has 0 aliphatic rings. The number of nitrogens with one attached hydrogen (secondary N) is 3. The Kier molecular flexibility index (Phi) is 9.60. The van der Waals surface area contributed by atoms with Crippen LogP contribution in [0.5, 0.6) is 5.88 Å². The summed E-state index contributed by atoms with van der Waals surface area (Å²) >= 11 is 0. The number of rotatable bonds is 11. The average Bonchev–Trinajstić information content (AvgIpc) is 2.94. The molecule has 2 aromatic carbocycles. The topological polar surface area (TPSA) is 313 Å². The molecule has 0 spiro atoms. The average molecular weight is 713 g/mol. The zero-order valence-electron chi connectivity index (χ0n) is 24.0. The van der Waals surface area contributed by atoms with E-state index >= 15 is 0 Å². The summed E-state index contributed by atoms with van der Waals surface area (Å²) in [6, 6.07) is 7.96. The van der Waals surface area contributed by atoms with Crippen molar-refractivity contribution >= 4 is 65.0 Å². The molecule has 0 bridgehead atoms. The maximum absolute atomic E-state index is 13.0. The molecule has 250 valence electrons. The van der Waals surface area contributed by atoms with Gasteiger partial charge in [0.2, 0.25) is 11.9 Å². The van der Waals surface area contributed by atoms with Gasteiger partial charge in [-0.05, 0) is 55.8 Å². The van der Waals surface area contributed by atoms with Gasteiger partial charge in [-0.2, -0.15) is 35.2 Å². The van der Waals surface area contributed by atoms with Gasteiger partial charge in [-0.1, -0.05) is 6.07 Å². The monoisotopic (exact) mass is 712 g/mol. The Bertz CT molecular complexity index is 2370. The number of hydrogen-bond donors (Lipinski definition) is 7. The number of pyridine rings is 1. The Morgan fingerprint density at radius 3 is 2.19 bits per heavy atom. The van der Waals surface area contributed by atoms with Crippen molar-refractivity contribution in [1.29, 1.82) is 0 Å². The summed E-state index contributed by atoms with van der Waals surface area (Å²) in [6.45, 7) is 2.52. The van der Waals surface area contributed by atoms with E-state index in [1.165, 1.54) is 26.0 Å². The van der Waals surface area contributed by atoms with E-state index in [0.29, 0.717) is 0 Å². The van der Waals surface area contributed by atoms with Crippen LogP contribution in [-0.4, -0.2) is 63.5 Å². The van der Waals surface area contributed by atoms with Crippen LogP contribution in [0.2, 0.25) is 0 Å². The molecule has 4 rings (SSSR count). The Balaban J connectivity index is 1.75. The second-order valence-corrected chi connectivity index (χ2v) is 13.8. The summed E-state index contributed by atoms with van der Waals surface area (Å²) in [6.07, 6.45) is 0. The van der Waals surface area contributed by atoms with Gasteiger partial charge < -0.3 is 15.7 Å². The molecule has 7 N–H and O–H groups in total. The molecule has 0 aliphatic heterocycles. The van der Waals surface area contributed by atoms with Crippen molar-refractivity contribution in [3.8, 4) is 5.88 Å². The Labute approximate surface area is 265 Å². The summed E-state index contributed by atoms with van der Waals surface area (Å²) in [5, 5.41) is 23.2. The van der Waals surface area contributed by atoms with E-state index in [1.54, 1.807) is 0 Å². The first-order valence-corrected chi connectivity index (χ1v) is 17.3. The number of anilines is 4. The van der Waals surface area contributed by atoms with Gasteiger partial charge in [0, 0.05) is 23.5 Å². The van der Waals surface area contributed by atoms with E-state index in [1.807, 2.05) is 0 Å². The SMILES string of the molecule is CCn1c(O)c(CS(=O)(=O)O)c(C)c(N=Nc2cc(Nc3nc(Nc4cccc(S(=O)(=O)O)c4)[nH]c(=O)n3)ccc2S(=O)(=O)O)c1=O. The van der Waals surface area contributed by atoms with Crippen molar-refractivity contribution in [2.24, 2.45) is 10.2 Å². The molecule has 0 fully saturated rings. The van der Waals surface area contributed by atoms with Crippen LogP contribution in [0.4, 0.5) is 34.6 Å². The molecule has 0 amide bonds. The first kappa shape index (κ1) is 34.8. The second kappa shape index (κ2) is 13.0. The largest absolute Gasteiger partial charge is 0.494 e. The lowest BCUT2D eigenvalue weighted by Crippen LogP contribution is -2.22. The lowest BCUT2D eigenvalue weighted by Gasteiger charge is -2.14. The number of aromatic hydroxyl groups is 1. The van der Waals surface area contributed by atoms with Crippen molar-refractivity contribution < 1.29 is 44.0 Å². The van der Waals surface area contributed by atoms with Gasteiger partial charge in [0.05, 0.1) is 4.90 Å². The molecular weight excluding hydrogens is 689 g/mol. The minimum atomic E-state index is -4.94. The summed E-state index contributed by atoms with van der Waals surface area (Å²) < 4.78 is 99.2. The minimum absolute atomic E-state index is 0.0169. The number of H-pyrrole nitrogens is 1. The van der Waals surface area contributed by atoms with Crippen LogP contribution >= 0.6 is 0 Å². The van der Waals surface area contributed by atoms with Gasteiger partial charge in [-0.3, -0.25) is 28.0 Å². The third-order valence-corrected chi connectivity index (χ3v) is 8.62. The fourth-order valence-electron chi connectivity index (χ4n) is 4.12. The predicted molar refractivity (Wildman–Crippen MR) is 164 cm³/mol. The molecule has 2 aromatic heterocycles. The number of aromatic amines is 1. The predicted octanol–water partition coefficient (Wildman–Crippen LogP) is 2.14. The van der Waals surface area contributed by atoms with Crippen LogP contribution in [0.25, 0.3) is 0 Å². The minimum Gasteiger partial charge on any atom is -0.494 e. The van der Waals surface area contributed by atoms with Crippen LogP contribution in [0.1, 0.15) is 18.1 Å². The van der Waals surface area contributed by atoms with Crippen molar-refractivity contribution in [3.05, 3.63) is 74.4 Å². The highest BCUT2D eigenvalue weighted by atomic mass is 32.2. The lowest BCUT2D eigenvalue weighted by atomic mass is 10.1. The summed E-state index contributed by atoms with van der Waals surface area (Å²) in [4.78, 5) is 33.9. The zero-order valence-corrected chi connectivity index (χ0v) is 26.4. The Hall–Kier alpha value is -5.07. The molecule has 0 atom stereocenters. The number of nitrogens with zero attached hydrogens (tertiary/aromatic N) is 5. The summed E-state index contributed by atoms with van der Waals surface area (Å²) in [5.41, 5.74) is -3.41. The number of benzene rings is 2. The normalized spacial score (nSPS) is 12.4. The van der Waals surface area contributed by atoms with E-state index in [2.05, 4.69) is 35.8 Å². The Morgan fingerprint density at radius 2 is 1.57 bits per heavy atom. The van der Waals surface area contributed by atoms with Gasteiger partial charge in [-0.25, -0.2) is 4.79 Å². The third-order valence-electron chi connectivity index (χ3n) is 6.22. The molecular formula is C24H24N8O12S3. The highest BCUT2D eigenvalue weighted by Gasteiger charge is 2.23. The molecule has 0 aliphatic carbocycles. The van der Waals surface area contributed by atoms with Crippen LogP contribution < -0.4 is 21.9 Å². The van der Waals surface area contributed by atoms with E-state index in [0.717, 1.165) is 34.9 Å². The van der Waals surface area contributed by atoms with Crippen molar-refractivity contribution in [1.82, 2.24) is 19.5 Å². The zero-order chi connectivity index (χ0) is 34.9. The van der Waals surface area contributed by atoms with Crippen molar-refractivity contribution in [2.75, 3.05) is 10.6 Å². The fraction of sp³-hybridized carbons (Fsp3) is 0.167. The first-order chi connectivity index (χ1) is 21.8. The molecule has 0 saturated carbocycles. The van der Waals surface area contributed by atoms with Crippen LogP contribution in [-0.2, 0) is 42.7 Å². The Morgan fingerprint density at radius 1 is 0.894 bits per heavy atom. The van der Waals surface area contributed by atoms with E-state index in [-0.39, 0.29) is 40.9 Å². The third kappa shape index (κ3) is 8.40. The van der Waals surface area contributed by atoms with E-state index < -0.39 is 74.4 Å². The first-order valence-electron chi connectivity index (χ1n) is 12.8. The van der Waals surface area contributed by atoms with E-state index in [9.17, 15) is 53.6 Å². The molecule has 20 nitrogen and oxygen atoms in total. The summed E-state index contributed by atoms with van der Waals surface area (Å²) in [7, 11) is -14.1. The standard InChI is InChI=1S/C24H24N8O12S3/c1-3-32-20(33)16(11-45(36,37)38)12(2)19(21(32)34)31-30-17-10-14(7-8-18(17)47(42,43)44)26-23-27-22(28-24(35)29-23)25-13-5-4-6-15(9-13)46(39,40)41/h4-10,33H,3,11H2,1-2H3,(H,36,37,38)(H,39,40,41)(H,42,43,44)(H3,25,26,27,28,29,35). The highest BCUT2D eigenvalue weighted by Crippen LogP contribution is 2.33. The molecule has 0 radical (unpaired) electrons. The molecule has 0 saturated heterocycles. The van der Waals surface area contributed by atoms with Crippen molar-refractivity contribution in [3.63, 3.8) is 0 Å². The maximum Gasteiger partial charge on any atom is 0.351 e. The number of azo groups is 1. The molecule has 0 unspecified atom stereocenters. The molecule has 2 heterocycles. The smallest absolute Gasteiger partial charge is 0.351 e. The highest BCUT2D eigenvalue weighted by molar-refractivity contribution is 7.86. The maximum atomic E-state index is 13.0. The second-order valence-electron chi connectivity index (χ2n) is 9.49. The lowest BCUT2D eigenvalue weighted by molar-refractivity contribution is 0.403. The van der Waals surface area contributed by atoms with Gasteiger partial charge in [0.1, 0.15) is 16.3 Å².